The minimum atomic E-state index is -0.407. The van der Waals surface area contributed by atoms with E-state index < -0.39 is 5.54 Å². The Hall–Kier alpha value is -1.33. The second-order valence-corrected chi connectivity index (χ2v) is 6.41. The molecule has 1 aromatic heterocycles. The SMILES string of the molecule is CCc1nn(C)c(CC2(N)CCOc3ccccc32)c1Br. The zero-order chi connectivity index (χ0) is 15.0. The third-order valence-corrected chi connectivity index (χ3v) is 5.13. The van der Waals surface area contributed by atoms with Gasteiger partial charge in [0.25, 0.3) is 0 Å². The lowest BCUT2D eigenvalue weighted by Crippen LogP contribution is -2.43. The molecule has 112 valence electrons. The topological polar surface area (TPSA) is 53.1 Å². The molecule has 0 saturated carbocycles. The van der Waals surface area contributed by atoms with E-state index in [4.69, 9.17) is 10.5 Å². The number of halogens is 1. The van der Waals surface area contributed by atoms with Crippen molar-refractivity contribution in [1.29, 1.82) is 0 Å². The van der Waals surface area contributed by atoms with Gasteiger partial charge < -0.3 is 10.5 Å². The van der Waals surface area contributed by atoms with Crippen LogP contribution in [0, 0.1) is 0 Å². The van der Waals surface area contributed by atoms with Gasteiger partial charge in [-0.1, -0.05) is 25.1 Å². The van der Waals surface area contributed by atoms with E-state index in [-0.39, 0.29) is 0 Å². The number of rotatable bonds is 3. The third-order valence-electron chi connectivity index (χ3n) is 4.22. The van der Waals surface area contributed by atoms with E-state index in [1.807, 2.05) is 29.9 Å². The molecule has 21 heavy (non-hydrogen) atoms. The molecule has 0 fully saturated rings. The normalized spacial score (nSPS) is 21.0. The average molecular weight is 350 g/mol. The molecule has 5 heteroatoms. The molecule has 1 aromatic carbocycles. The fourth-order valence-corrected chi connectivity index (χ4v) is 3.73. The molecular formula is C16H20BrN3O. The number of para-hydroxylation sites is 1. The van der Waals surface area contributed by atoms with Crippen LogP contribution in [0.5, 0.6) is 5.75 Å². The average Bonchev–Trinajstić information content (AvgIpc) is 2.75. The van der Waals surface area contributed by atoms with Crippen molar-refractivity contribution >= 4 is 15.9 Å². The summed E-state index contributed by atoms with van der Waals surface area (Å²) in [6.07, 6.45) is 2.46. The Bertz CT molecular complexity index is 668. The van der Waals surface area contributed by atoms with Crippen molar-refractivity contribution < 1.29 is 4.74 Å². The van der Waals surface area contributed by atoms with Crippen LogP contribution in [-0.2, 0) is 25.4 Å². The first-order chi connectivity index (χ1) is 10.0. The van der Waals surface area contributed by atoms with Crippen molar-refractivity contribution in [3.63, 3.8) is 0 Å². The fourth-order valence-electron chi connectivity index (χ4n) is 2.98. The van der Waals surface area contributed by atoms with Crippen LogP contribution in [0.4, 0.5) is 0 Å². The Balaban J connectivity index is 2.00. The second kappa shape index (κ2) is 5.46. The summed E-state index contributed by atoms with van der Waals surface area (Å²) in [5.41, 5.74) is 9.65. The molecule has 4 nitrogen and oxygen atoms in total. The first kappa shape index (κ1) is 14.6. The highest BCUT2D eigenvalue weighted by Gasteiger charge is 2.35. The van der Waals surface area contributed by atoms with E-state index in [1.165, 1.54) is 0 Å². The molecule has 0 radical (unpaired) electrons. The molecule has 0 spiro atoms. The summed E-state index contributed by atoms with van der Waals surface area (Å²) in [7, 11) is 1.98. The molecule has 1 aliphatic rings. The summed E-state index contributed by atoms with van der Waals surface area (Å²) in [6.45, 7) is 2.77. The minimum absolute atomic E-state index is 0.407. The molecule has 2 aromatic rings. The maximum Gasteiger partial charge on any atom is 0.124 e. The van der Waals surface area contributed by atoms with E-state index in [1.54, 1.807) is 0 Å². The highest BCUT2D eigenvalue weighted by Crippen LogP contribution is 2.38. The molecule has 0 saturated heterocycles. The maximum atomic E-state index is 6.75. The third kappa shape index (κ3) is 2.49. The molecule has 0 aliphatic carbocycles. The Morgan fingerprint density at radius 1 is 1.43 bits per heavy atom. The van der Waals surface area contributed by atoms with E-state index in [9.17, 15) is 0 Å². The van der Waals surface area contributed by atoms with Gasteiger partial charge in [0.1, 0.15) is 5.75 Å². The van der Waals surface area contributed by atoms with Gasteiger partial charge in [-0.2, -0.15) is 5.10 Å². The van der Waals surface area contributed by atoms with Gasteiger partial charge in [0.15, 0.2) is 0 Å². The summed E-state index contributed by atoms with van der Waals surface area (Å²) >= 11 is 3.68. The van der Waals surface area contributed by atoms with E-state index in [0.29, 0.717) is 6.61 Å². The lowest BCUT2D eigenvalue weighted by atomic mass is 9.81. The van der Waals surface area contributed by atoms with Gasteiger partial charge in [0.05, 0.1) is 28.0 Å². The molecule has 2 N–H and O–H groups in total. The number of ether oxygens (including phenoxy) is 1. The smallest absolute Gasteiger partial charge is 0.124 e. The first-order valence-corrected chi connectivity index (χ1v) is 8.06. The largest absolute Gasteiger partial charge is 0.493 e. The van der Waals surface area contributed by atoms with Crippen LogP contribution in [0.2, 0.25) is 0 Å². The highest BCUT2D eigenvalue weighted by molar-refractivity contribution is 9.10. The molecule has 0 bridgehead atoms. The number of aromatic nitrogens is 2. The highest BCUT2D eigenvalue weighted by atomic mass is 79.9. The number of benzene rings is 1. The van der Waals surface area contributed by atoms with Gasteiger partial charge >= 0.3 is 0 Å². The van der Waals surface area contributed by atoms with Crippen molar-refractivity contribution in [2.24, 2.45) is 12.8 Å². The van der Waals surface area contributed by atoms with Crippen LogP contribution in [0.1, 0.15) is 30.3 Å². The lowest BCUT2D eigenvalue weighted by molar-refractivity contribution is 0.213. The lowest BCUT2D eigenvalue weighted by Gasteiger charge is -2.35. The summed E-state index contributed by atoms with van der Waals surface area (Å²) in [6, 6.07) is 8.07. The number of nitrogens with zero attached hydrogens (tertiary/aromatic N) is 2. The number of aryl methyl sites for hydroxylation is 2. The standard InChI is InChI=1S/C16H20BrN3O/c1-3-12-15(17)13(20(2)19-12)10-16(18)8-9-21-14-7-5-4-6-11(14)16/h4-7H,3,8-10,18H2,1-2H3. The van der Waals surface area contributed by atoms with Crippen molar-refractivity contribution in [3.8, 4) is 5.75 Å². The van der Waals surface area contributed by atoms with Crippen LogP contribution in [0.25, 0.3) is 0 Å². The van der Waals surface area contributed by atoms with E-state index in [0.717, 1.165) is 46.4 Å². The summed E-state index contributed by atoms with van der Waals surface area (Å²) in [5, 5.41) is 4.56. The summed E-state index contributed by atoms with van der Waals surface area (Å²) < 4.78 is 8.75. The number of fused-ring (bicyclic) bond motifs is 1. The molecular weight excluding hydrogens is 330 g/mol. The molecule has 0 amide bonds. The van der Waals surface area contributed by atoms with Gasteiger partial charge in [0.2, 0.25) is 0 Å². The Labute approximate surface area is 133 Å². The summed E-state index contributed by atoms with van der Waals surface area (Å²) in [4.78, 5) is 0. The van der Waals surface area contributed by atoms with Gasteiger partial charge in [-0.3, -0.25) is 4.68 Å². The Morgan fingerprint density at radius 2 is 2.19 bits per heavy atom. The van der Waals surface area contributed by atoms with Crippen LogP contribution >= 0.6 is 15.9 Å². The van der Waals surface area contributed by atoms with Gasteiger partial charge in [-0.25, -0.2) is 0 Å². The van der Waals surface area contributed by atoms with Crippen LogP contribution < -0.4 is 10.5 Å². The molecule has 3 rings (SSSR count). The second-order valence-electron chi connectivity index (χ2n) is 5.61. The predicted octanol–water partition coefficient (Wildman–Crippen LogP) is 2.92. The molecule has 1 aliphatic heterocycles. The Kier molecular flexibility index (Phi) is 3.80. The van der Waals surface area contributed by atoms with Gasteiger partial charge in [-0.15, -0.1) is 0 Å². The number of nitrogens with two attached hydrogens (primary N) is 1. The van der Waals surface area contributed by atoms with Crippen molar-refractivity contribution in [2.75, 3.05) is 6.61 Å². The quantitative estimate of drug-likeness (QED) is 0.926. The van der Waals surface area contributed by atoms with Gasteiger partial charge in [0, 0.05) is 25.5 Å². The van der Waals surface area contributed by atoms with E-state index in [2.05, 4.69) is 34.0 Å². The maximum absolute atomic E-state index is 6.75. The fraction of sp³-hybridized carbons (Fsp3) is 0.438. The minimum Gasteiger partial charge on any atom is -0.493 e. The van der Waals surface area contributed by atoms with Crippen LogP contribution in [-0.4, -0.2) is 16.4 Å². The predicted molar refractivity (Wildman–Crippen MR) is 86.4 cm³/mol. The van der Waals surface area contributed by atoms with E-state index >= 15 is 0 Å². The van der Waals surface area contributed by atoms with Gasteiger partial charge in [-0.05, 0) is 28.4 Å². The molecule has 2 heterocycles. The van der Waals surface area contributed by atoms with Crippen molar-refractivity contribution in [2.45, 2.75) is 31.7 Å². The number of hydrogen-bond donors (Lipinski definition) is 1. The Morgan fingerprint density at radius 3 is 2.90 bits per heavy atom. The monoisotopic (exact) mass is 349 g/mol. The molecule has 1 atom stereocenters. The van der Waals surface area contributed by atoms with Crippen molar-refractivity contribution in [1.82, 2.24) is 9.78 Å². The zero-order valence-corrected chi connectivity index (χ0v) is 14.0. The zero-order valence-electron chi connectivity index (χ0n) is 12.4. The first-order valence-electron chi connectivity index (χ1n) is 7.26. The van der Waals surface area contributed by atoms with Crippen molar-refractivity contribution in [3.05, 3.63) is 45.7 Å². The van der Waals surface area contributed by atoms with Crippen LogP contribution in [0.15, 0.2) is 28.7 Å². The van der Waals surface area contributed by atoms with Crippen LogP contribution in [0.3, 0.4) is 0 Å². The summed E-state index contributed by atoms with van der Waals surface area (Å²) in [5.74, 6) is 0.903. The molecule has 1 unspecified atom stereocenters. The number of hydrogen-bond acceptors (Lipinski definition) is 3.